The van der Waals surface area contributed by atoms with Gasteiger partial charge in [-0.25, -0.2) is 4.68 Å². The minimum Gasteiger partial charge on any atom is -0.394 e. The molecular weight excluding hydrogens is 312 g/mol. The molecule has 0 radical (unpaired) electrons. The van der Waals surface area contributed by atoms with Crippen molar-refractivity contribution in [1.82, 2.24) is 9.78 Å². The van der Waals surface area contributed by atoms with Gasteiger partial charge in [0.15, 0.2) is 0 Å². The number of aliphatic hydroxyl groups excluding tert-OH is 1. The third-order valence-corrected chi connectivity index (χ3v) is 4.50. The molecule has 2 aromatic rings. The van der Waals surface area contributed by atoms with Gasteiger partial charge in [0, 0.05) is 35.9 Å². The lowest BCUT2D eigenvalue weighted by Crippen LogP contribution is -2.39. The fourth-order valence-electron chi connectivity index (χ4n) is 3.07. The lowest BCUT2D eigenvalue weighted by molar-refractivity contribution is 0.270. The van der Waals surface area contributed by atoms with Crippen LogP contribution in [0.5, 0.6) is 0 Å². The molecule has 6 heteroatoms. The first-order chi connectivity index (χ1) is 11.2. The number of aliphatic hydroxyl groups is 1. The van der Waals surface area contributed by atoms with Gasteiger partial charge in [0.1, 0.15) is 5.82 Å². The number of aromatic nitrogens is 2. The third-order valence-electron chi connectivity index (χ3n) is 4.25. The van der Waals surface area contributed by atoms with E-state index < -0.39 is 0 Å². The summed E-state index contributed by atoms with van der Waals surface area (Å²) in [6, 6.07) is 10.5. The minimum absolute atomic E-state index is 0.102. The fraction of sp³-hybridized carbons (Fsp3) is 0.471. The first kappa shape index (κ1) is 16.1. The van der Waals surface area contributed by atoms with Crippen molar-refractivity contribution in [3.8, 4) is 0 Å². The average molecular weight is 335 g/mol. The summed E-state index contributed by atoms with van der Waals surface area (Å²) in [6.07, 6.45) is 2.15. The van der Waals surface area contributed by atoms with Crippen LogP contribution in [0, 0.1) is 6.92 Å². The summed E-state index contributed by atoms with van der Waals surface area (Å²) in [7, 11) is 0. The Morgan fingerprint density at radius 2 is 1.96 bits per heavy atom. The Bertz CT molecular complexity index is 633. The van der Waals surface area contributed by atoms with Gasteiger partial charge in [-0.1, -0.05) is 11.6 Å². The van der Waals surface area contributed by atoms with Gasteiger partial charge in [0.2, 0.25) is 0 Å². The average Bonchev–Trinajstić information content (AvgIpc) is 2.89. The largest absolute Gasteiger partial charge is 0.394 e. The summed E-state index contributed by atoms with van der Waals surface area (Å²) in [5.74, 6) is 1.00. The molecular formula is C17H23ClN4O. The molecule has 124 valence electrons. The first-order valence-electron chi connectivity index (χ1n) is 8.08. The van der Waals surface area contributed by atoms with Crippen molar-refractivity contribution >= 4 is 23.1 Å². The Morgan fingerprint density at radius 1 is 1.26 bits per heavy atom. The van der Waals surface area contributed by atoms with E-state index in [4.69, 9.17) is 16.7 Å². The summed E-state index contributed by atoms with van der Waals surface area (Å²) < 4.78 is 1.85. The van der Waals surface area contributed by atoms with Gasteiger partial charge in [0.25, 0.3) is 0 Å². The molecule has 1 fully saturated rings. The number of benzene rings is 1. The van der Waals surface area contributed by atoms with Crippen LogP contribution in [0.25, 0.3) is 0 Å². The van der Waals surface area contributed by atoms with E-state index >= 15 is 0 Å². The number of hydrogen-bond acceptors (Lipinski definition) is 4. The summed E-state index contributed by atoms with van der Waals surface area (Å²) in [5.41, 5.74) is 2.20. The van der Waals surface area contributed by atoms with Crippen LogP contribution in [0.3, 0.4) is 0 Å². The number of nitrogens with zero attached hydrogens (tertiary/aromatic N) is 3. The lowest BCUT2D eigenvalue weighted by Gasteiger charge is -2.34. The van der Waals surface area contributed by atoms with E-state index in [0.717, 1.165) is 42.5 Å². The van der Waals surface area contributed by atoms with E-state index in [1.807, 2.05) is 29.8 Å². The molecule has 1 aliphatic rings. The molecule has 0 spiro atoms. The maximum Gasteiger partial charge on any atom is 0.124 e. The highest BCUT2D eigenvalue weighted by molar-refractivity contribution is 6.30. The summed E-state index contributed by atoms with van der Waals surface area (Å²) in [4.78, 5) is 2.39. The first-order valence-corrected chi connectivity index (χ1v) is 8.46. The Balaban J connectivity index is 1.58. The molecule has 0 amide bonds. The number of rotatable bonds is 5. The molecule has 1 aromatic carbocycles. The van der Waals surface area contributed by atoms with Gasteiger partial charge in [-0.3, -0.25) is 0 Å². The number of aryl methyl sites for hydroxylation is 1. The summed E-state index contributed by atoms with van der Waals surface area (Å²) >= 11 is 5.95. The normalized spacial score (nSPS) is 15.9. The number of halogens is 1. The molecule has 0 unspecified atom stereocenters. The second-order valence-corrected chi connectivity index (χ2v) is 6.44. The van der Waals surface area contributed by atoms with Crippen molar-refractivity contribution in [2.45, 2.75) is 32.4 Å². The van der Waals surface area contributed by atoms with E-state index in [-0.39, 0.29) is 6.61 Å². The molecule has 0 bridgehead atoms. The van der Waals surface area contributed by atoms with E-state index in [2.05, 4.69) is 27.4 Å². The highest BCUT2D eigenvalue weighted by Gasteiger charge is 2.20. The number of nitrogens with one attached hydrogen (secondary N) is 1. The Hall–Kier alpha value is -1.72. The van der Waals surface area contributed by atoms with Crippen molar-refractivity contribution in [3.05, 3.63) is 41.0 Å². The smallest absolute Gasteiger partial charge is 0.124 e. The molecule has 0 atom stereocenters. The van der Waals surface area contributed by atoms with Crippen LogP contribution in [0.15, 0.2) is 30.3 Å². The number of hydrogen-bond donors (Lipinski definition) is 2. The topological polar surface area (TPSA) is 53.3 Å². The zero-order valence-electron chi connectivity index (χ0n) is 13.4. The Kier molecular flexibility index (Phi) is 5.08. The third kappa shape index (κ3) is 3.98. The van der Waals surface area contributed by atoms with Crippen molar-refractivity contribution < 1.29 is 5.11 Å². The van der Waals surface area contributed by atoms with E-state index in [1.54, 1.807) is 0 Å². The van der Waals surface area contributed by atoms with Crippen LogP contribution in [0.2, 0.25) is 5.02 Å². The van der Waals surface area contributed by atoms with Crippen molar-refractivity contribution in [2.24, 2.45) is 0 Å². The standard InChI is InChI=1S/C17H23ClN4O/c1-13-12-17(22(20-13)10-11-23)19-15-6-8-21(9-7-15)16-4-2-14(18)3-5-16/h2-5,12,15,19,23H,6-11H2,1H3. The SMILES string of the molecule is Cc1cc(NC2CCN(c3ccc(Cl)cc3)CC2)n(CCO)n1. The molecule has 23 heavy (non-hydrogen) atoms. The number of anilines is 2. The second-order valence-electron chi connectivity index (χ2n) is 6.00. The quantitative estimate of drug-likeness (QED) is 0.882. The van der Waals surface area contributed by atoms with Crippen LogP contribution in [0.4, 0.5) is 11.5 Å². The molecule has 1 aliphatic heterocycles. The van der Waals surface area contributed by atoms with Crippen LogP contribution in [0.1, 0.15) is 18.5 Å². The number of piperidine rings is 1. The molecule has 0 aliphatic carbocycles. The summed E-state index contributed by atoms with van der Waals surface area (Å²) in [5, 5.41) is 17.9. The lowest BCUT2D eigenvalue weighted by atomic mass is 10.0. The van der Waals surface area contributed by atoms with Gasteiger partial charge >= 0.3 is 0 Å². The van der Waals surface area contributed by atoms with Crippen LogP contribution in [-0.2, 0) is 6.54 Å². The van der Waals surface area contributed by atoms with Crippen molar-refractivity contribution in [3.63, 3.8) is 0 Å². The highest BCUT2D eigenvalue weighted by atomic mass is 35.5. The monoisotopic (exact) mass is 334 g/mol. The minimum atomic E-state index is 0.102. The fourth-order valence-corrected chi connectivity index (χ4v) is 3.20. The maximum atomic E-state index is 9.13. The van der Waals surface area contributed by atoms with Gasteiger partial charge in [-0.2, -0.15) is 5.10 Å². The van der Waals surface area contributed by atoms with Gasteiger partial charge in [-0.15, -0.1) is 0 Å². The van der Waals surface area contributed by atoms with Gasteiger partial charge in [-0.05, 0) is 44.0 Å². The van der Waals surface area contributed by atoms with E-state index in [0.29, 0.717) is 12.6 Å². The van der Waals surface area contributed by atoms with Gasteiger partial charge < -0.3 is 15.3 Å². The van der Waals surface area contributed by atoms with Gasteiger partial charge in [0.05, 0.1) is 18.8 Å². The Morgan fingerprint density at radius 3 is 2.61 bits per heavy atom. The van der Waals surface area contributed by atoms with Crippen molar-refractivity contribution in [1.29, 1.82) is 0 Å². The molecule has 1 aromatic heterocycles. The maximum absolute atomic E-state index is 9.13. The predicted octanol–water partition coefficient (Wildman–Crippen LogP) is 2.92. The van der Waals surface area contributed by atoms with E-state index in [9.17, 15) is 0 Å². The van der Waals surface area contributed by atoms with Crippen molar-refractivity contribution in [2.75, 3.05) is 29.9 Å². The van der Waals surface area contributed by atoms with Crippen LogP contribution in [-0.4, -0.2) is 40.6 Å². The Labute approximate surface area is 141 Å². The summed E-state index contributed by atoms with van der Waals surface area (Å²) in [6.45, 7) is 4.64. The van der Waals surface area contributed by atoms with Crippen LogP contribution >= 0.6 is 11.6 Å². The zero-order chi connectivity index (χ0) is 16.2. The molecule has 5 nitrogen and oxygen atoms in total. The molecule has 3 rings (SSSR count). The predicted molar refractivity (Wildman–Crippen MR) is 94.4 cm³/mol. The van der Waals surface area contributed by atoms with E-state index in [1.165, 1.54) is 5.69 Å². The molecule has 2 N–H and O–H groups in total. The second kappa shape index (κ2) is 7.23. The van der Waals surface area contributed by atoms with Crippen LogP contribution < -0.4 is 10.2 Å². The molecule has 1 saturated heterocycles. The molecule has 0 saturated carbocycles. The molecule has 2 heterocycles. The zero-order valence-corrected chi connectivity index (χ0v) is 14.1. The highest BCUT2D eigenvalue weighted by Crippen LogP contribution is 2.23.